The second kappa shape index (κ2) is 5.53. The molecule has 114 valence electrons. The number of hydrogen-bond acceptors (Lipinski definition) is 8. The SMILES string of the molecule is CCNc1ncnc2c1ncn2[C@@H]1O[C@H](CO)[C@@H](N)[C@H]1O. The van der Waals surface area contributed by atoms with Crippen LogP contribution in [0.15, 0.2) is 12.7 Å². The van der Waals surface area contributed by atoms with E-state index in [2.05, 4.69) is 20.3 Å². The van der Waals surface area contributed by atoms with Crippen molar-refractivity contribution in [3.8, 4) is 0 Å². The summed E-state index contributed by atoms with van der Waals surface area (Å²) in [7, 11) is 0. The van der Waals surface area contributed by atoms with Crippen LogP contribution in [0.4, 0.5) is 5.82 Å². The molecule has 0 unspecified atom stereocenters. The van der Waals surface area contributed by atoms with Crippen molar-refractivity contribution in [2.75, 3.05) is 18.5 Å². The molecule has 0 radical (unpaired) electrons. The van der Waals surface area contributed by atoms with Crippen LogP contribution < -0.4 is 11.1 Å². The normalized spacial score (nSPS) is 29.1. The largest absolute Gasteiger partial charge is 0.394 e. The van der Waals surface area contributed by atoms with Crippen molar-refractivity contribution in [1.82, 2.24) is 19.5 Å². The van der Waals surface area contributed by atoms with Gasteiger partial charge in [-0.05, 0) is 6.92 Å². The molecule has 0 bridgehead atoms. The number of nitrogens with one attached hydrogen (secondary N) is 1. The highest BCUT2D eigenvalue weighted by Gasteiger charge is 2.42. The highest BCUT2D eigenvalue weighted by molar-refractivity contribution is 5.82. The summed E-state index contributed by atoms with van der Waals surface area (Å²) < 4.78 is 7.21. The molecule has 2 aromatic heterocycles. The number of rotatable bonds is 4. The number of hydrogen-bond donors (Lipinski definition) is 4. The van der Waals surface area contributed by atoms with E-state index in [0.717, 1.165) is 0 Å². The van der Waals surface area contributed by atoms with Crippen LogP contribution in [-0.2, 0) is 4.74 Å². The average Bonchev–Trinajstić information content (AvgIpc) is 3.03. The van der Waals surface area contributed by atoms with Gasteiger partial charge in [0.1, 0.15) is 18.5 Å². The van der Waals surface area contributed by atoms with Gasteiger partial charge < -0.3 is 26.0 Å². The maximum absolute atomic E-state index is 10.2. The third kappa shape index (κ3) is 2.23. The molecule has 4 atom stereocenters. The van der Waals surface area contributed by atoms with E-state index in [-0.39, 0.29) is 6.61 Å². The third-order valence-corrected chi connectivity index (χ3v) is 3.59. The minimum Gasteiger partial charge on any atom is -0.394 e. The summed E-state index contributed by atoms with van der Waals surface area (Å²) >= 11 is 0. The summed E-state index contributed by atoms with van der Waals surface area (Å²) in [5.74, 6) is 0.622. The lowest BCUT2D eigenvalue weighted by Crippen LogP contribution is -2.41. The molecule has 2 aromatic rings. The number of anilines is 1. The fourth-order valence-corrected chi connectivity index (χ4v) is 2.49. The van der Waals surface area contributed by atoms with Crippen LogP contribution in [-0.4, -0.2) is 61.1 Å². The van der Waals surface area contributed by atoms with Gasteiger partial charge in [0.15, 0.2) is 23.2 Å². The number of aliphatic hydroxyl groups is 2. The molecular formula is C12H18N6O3. The second-order valence-electron chi connectivity index (χ2n) is 4.89. The Hall–Kier alpha value is -1.81. The number of nitrogens with two attached hydrogens (primary N) is 1. The van der Waals surface area contributed by atoms with E-state index in [4.69, 9.17) is 10.5 Å². The lowest BCUT2D eigenvalue weighted by molar-refractivity contribution is -0.0488. The van der Waals surface area contributed by atoms with Crippen molar-refractivity contribution >= 4 is 17.0 Å². The molecule has 9 heteroatoms. The average molecular weight is 294 g/mol. The Morgan fingerprint density at radius 3 is 2.90 bits per heavy atom. The molecule has 3 rings (SSSR count). The summed E-state index contributed by atoms with van der Waals surface area (Å²) in [5.41, 5.74) is 6.97. The lowest BCUT2D eigenvalue weighted by Gasteiger charge is -2.16. The van der Waals surface area contributed by atoms with Gasteiger partial charge >= 0.3 is 0 Å². The number of nitrogens with zero attached hydrogens (tertiary/aromatic N) is 4. The molecule has 0 spiro atoms. The van der Waals surface area contributed by atoms with E-state index >= 15 is 0 Å². The highest BCUT2D eigenvalue weighted by atomic mass is 16.5. The monoisotopic (exact) mass is 294 g/mol. The maximum atomic E-state index is 10.2. The Bertz CT molecular complexity index is 632. The van der Waals surface area contributed by atoms with Crippen LogP contribution in [0.25, 0.3) is 11.2 Å². The van der Waals surface area contributed by atoms with Crippen molar-refractivity contribution in [2.45, 2.75) is 31.4 Å². The van der Waals surface area contributed by atoms with Crippen molar-refractivity contribution < 1.29 is 14.9 Å². The Morgan fingerprint density at radius 1 is 1.43 bits per heavy atom. The first-order chi connectivity index (χ1) is 10.2. The first kappa shape index (κ1) is 14.1. The first-order valence-electron chi connectivity index (χ1n) is 6.78. The molecular weight excluding hydrogens is 276 g/mol. The number of ether oxygens (including phenoxy) is 1. The maximum Gasteiger partial charge on any atom is 0.167 e. The highest BCUT2D eigenvalue weighted by Crippen LogP contribution is 2.31. The van der Waals surface area contributed by atoms with Gasteiger partial charge in [0.2, 0.25) is 0 Å². The summed E-state index contributed by atoms with van der Waals surface area (Å²) in [6.45, 7) is 2.41. The van der Waals surface area contributed by atoms with Crippen LogP contribution in [0, 0.1) is 0 Å². The van der Waals surface area contributed by atoms with Crippen LogP contribution >= 0.6 is 0 Å². The summed E-state index contributed by atoms with van der Waals surface area (Å²) in [4.78, 5) is 12.6. The molecule has 0 aromatic carbocycles. The minimum absolute atomic E-state index is 0.251. The smallest absolute Gasteiger partial charge is 0.167 e. The molecule has 1 saturated heterocycles. The van der Waals surface area contributed by atoms with Gasteiger partial charge in [-0.2, -0.15) is 0 Å². The molecule has 1 aliphatic rings. The molecule has 1 fully saturated rings. The topological polar surface area (TPSA) is 131 Å². The molecule has 21 heavy (non-hydrogen) atoms. The zero-order valence-electron chi connectivity index (χ0n) is 11.5. The van der Waals surface area contributed by atoms with Crippen LogP contribution in [0.3, 0.4) is 0 Å². The second-order valence-corrected chi connectivity index (χ2v) is 4.89. The van der Waals surface area contributed by atoms with Crippen molar-refractivity contribution in [1.29, 1.82) is 0 Å². The molecule has 5 N–H and O–H groups in total. The van der Waals surface area contributed by atoms with Crippen LogP contribution in [0.1, 0.15) is 13.2 Å². The quantitative estimate of drug-likeness (QED) is 0.555. The van der Waals surface area contributed by atoms with E-state index in [1.54, 1.807) is 4.57 Å². The molecule has 0 saturated carbocycles. The number of aromatic nitrogens is 4. The first-order valence-corrected chi connectivity index (χ1v) is 6.78. The van der Waals surface area contributed by atoms with E-state index in [0.29, 0.717) is 23.5 Å². The lowest BCUT2D eigenvalue weighted by atomic mass is 10.1. The number of imidazole rings is 1. The fraction of sp³-hybridized carbons (Fsp3) is 0.583. The zero-order chi connectivity index (χ0) is 15.0. The van der Waals surface area contributed by atoms with Gasteiger partial charge in [-0.25, -0.2) is 15.0 Å². The number of fused-ring (bicyclic) bond motifs is 1. The molecule has 3 heterocycles. The van der Waals surface area contributed by atoms with Crippen LogP contribution in [0.5, 0.6) is 0 Å². The predicted octanol–water partition coefficient (Wildman–Crippen LogP) is -1.16. The van der Waals surface area contributed by atoms with Crippen molar-refractivity contribution in [3.63, 3.8) is 0 Å². The Balaban J connectivity index is 2.00. The Kier molecular flexibility index (Phi) is 3.72. The molecule has 1 aliphatic heterocycles. The van der Waals surface area contributed by atoms with Crippen molar-refractivity contribution in [2.24, 2.45) is 5.73 Å². The van der Waals surface area contributed by atoms with Gasteiger partial charge in [0.05, 0.1) is 19.0 Å². The molecule has 9 nitrogen and oxygen atoms in total. The van der Waals surface area contributed by atoms with E-state index in [1.165, 1.54) is 12.7 Å². The van der Waals surface area contributed by atoms with E-state index < -0.39 is 24.5 Å². The Morgan fingerprint density at radius 2 is 2.24 bits per heavy atom. The van der Waals surface area contributed by atoms with E-state index in [9.17, 15) is 10.2 Å². The summed E-state index contributed by atoms with van der Waals surface area (Å²) in [6.07, 6.45) is 0.658. The summed E-state index contributed by atoms with van der Waals surface area (Å²) in [6, 6.07) is -0.660. The third-order valence-electron chi connectivity index (χ3n) is 3.59. The van der Waals surface area contributed by atoms with Gasteiger partial charge in [0.25, 0.3) is 0 Å². The molecule has 0 amide bonds. The minimum atomic E-state index is -0.947. The van der Waals surface area contributed by atoms with Gasteiger partial charge in [-0.15, -0.1) is 0 Å². The number of aliphatic hydroxyl groups excluding tert-OH is 2. The predicted molar refractivity (Wildman–Crippen MR) is 74.5 cm³/mol. The van der Waals surface area contributed by atoms with Gasteiger partial charge in [-0.1, -0.05) is 0 Å². The van der Waals surface area contributed by atoms with Gasteiger partial charge in [-0.3, -0.25) is 4.57 Å². The standard InChI is InChI=1S/C12H18N6O3/c1-2-14-10-8-11(16-4-15-10)18(5-17-8)12-9(20)7(13)6(3-19)21-12/h4-7,9,12,19-20H,2-3,13H2,1H3,(H,14,15,16)/t6-,7-,9-,12-/m1/s1. The molecule has 0 aliphatic carbocycles. The van der Waals surface area contributed by atoms with Gasteiger partial charge in [0, 0.05) is 6.54 Å². The fourth-order valence-electron chi connectivity index (χ4n) is 2.49. The van der Waals surface area contributed by atoms with Crippen molar-refractivity contribution in [3.05, 3.63) is 12.7 Å². The zero-order valence-corrected chi connectivity index (χ0v) is 11.5. The van der Waals surface area contributed by atoms with Crippen LogP contribution in [0.2, 0.25) is 0 Å². The Labute approximate surface area is 120 Å². The summed E-state index contributed by atoms with van der Waals surface area (Å²) in [5, 5.41) is 22.5. The van der Waals surface area contributed by atoms with E-state index in [1.807, 2.05) is 6.92 Å².